The smallest absolute Gasteiger partial charge is 0.349 e. The summed E-state index contributed by atoms with van der Waals surface area (Å²) in [5, 5.41) is 23.0. The van der Waals surface area contributed by atoms with Gasteiger partial charge in [-0.25, -0.2) is 9.48 Å². The number of aromatic nitrogens is 3. The summed E-state index contributed by atoms with van der Waals surface area (Å²) < 4.78 is 36.4. The molecule has 1 saturated heterocycles. The second kappa shape index (κ2) is 19.5. The zero-order valence-corrected chi connectivity index (χ0v) is 43.5. The number of nitrogens with one attached hydrogen (secondary N) is 1. The average Bonchev–Trinajstić information content (AvgIpc) is 3.61. The number of esters is 1. The summed E-state index contributed by atoms with van der Waals surface area (Å²) in [6.07, 6.45) is 4.07. The van der Waals surface area contributed by atoms with Gasteiger partial charge in [0, 0.05) is 23.4 Å². The minimum atomic E-state index is -2.70. The summed E-state index contributed by atoms with van der Waals surface area (Å²) in [5.41, 5.74) is 0.915. The zero-order chi connectivity index (χ0) is 45.1. The predicted molar refractivity (Wildman–Crippen MR) is 248 cm³/mol. The first kappa shape index (κ1) is 50.7. The van der Waals surface area contributed by atoms with Crippen LogP contribution in [0.4, 0.5) is 0 Å². The largest absolute Gasteiger partial charge is 0.466 e. The van der Waals surface area contributed by atoms with Gasteiger partial charge in [0.15, 0.2) is 25.0 Å². The highest BCUT2D eigenvalue weighted by atomic mass is 32.2. The van der Waals surface area contributed by atoms with Gasteiger partial charge in [-0.05, 0) is 79.4 Å². The molecular weight excluding hydrogens is 829 g/mol. The molecule has 12 nitrogen and oxygen atoms in total. The normalized spacial score (nSPS) is 23.9. The van der Waals surface area contributed by atoms with Crippen molar-refractivity contribution in [2.75, 3.05) is 13.7 Å². The number of amides is 1. The Morgan fingerprint density at radius 2 is 1.47 bits per heavy atom. The molecule has 1 aromatic carbocycles. The fourth-order valence-corrected chi connectivity index (χ4v) is 12.4. The van der Waals surface area contributed by atoms with Gasteiger partial charge in [0.2, 0.25) is 10.8 Å². The van der Waals surface area contributed by atoms with Crippen molar-refractivity contribution < 1.29 is 37.4 Å². The molecule has 60 heavy (non-hydrogen) atoms. The Hall–Kier alpha value is -1.90. The minimum absolute atomic E-state index is 0.0715. The molecule has 1 aliphatic carbocycles. The Morgan fingerprint density at radius 1 is 0.900 bits per heavy atom. The zero-order valence-electron chi connectivity index (χ0n) is 39.6. The molecule has 2 heterocycles. The monoisotopic (exact) mass is 906 g/mol. The molecule has 340 valence electrons. The fraction of sp³-hybridized carbons (Fsp3) is 0.773. The van der Waals surface area contributed by atoms with Crippen molar-refractivity contribution in [3.63, 3.8) is 0 Å². The standard InChI is InChI=1S/C44H78N4O8SSi3/c1-41(2,3)58(11,12)54-34-27-44(40(51)52-10,57-32-25-21-18-22-26-32)53-39(37(34)45-36(50)29-48-28-33(46-47-48)31-23-19-17-20-24-31)38(56-60(15,16)43(7,8)9)35(30-49)55-59(13,14)42(4,5)6/h18,21-22,25-26,28,31,34-35,37-39,49H,17,19-20,23-24,27,29-30H2,1-16H3,(H,45,50)/t34?,35-,37?,38-,39?,44?/m1/s1. The highest BCUT2D eigenvalue weighted by Gasteiger charge is 2.60. The summed E-state index contributed by atoms with van der Waals surface area (Å²) in [6.45, 7) is 31.9. The molecule has 16 heteroatoms. The van der Waals surface area contributed by atoms with Gasteiger partial charge in [-0.15, -0.1) is 5.10 Å². The number of hydrogen-bond donors (Lipinski definition) is 2. The summed E-state index contributed by atoms with van der Waals surface area (Å²) in [7, 11) is -6.51. The van der Waals surface area contributed by atoms with Crippen LogP contribution in [-0.4, -0.2) is 106 Å². The number of carbonyl (C=O) groups excluding carboxylic acids is 2. The Labute approximate surface area is 368 Å². The van der Waals surface area contributed by atoms with Crippen LogP contribution < -0.4 is 5.32 Å². The van der Waals surface area contributed by atoms with Crippen molar-refractivity contribution in [3.05, 3.63) is 42.2 Å². The van der Waals surface area contributed by atoms with Crippen molar-refractivity contribution in [2.45, 2.75) is 208 Å². The molecule has 4 rings (SSSR count). The highest BCUT2D eigenvalue weighted by Crippen LogP contribution is 2.50. The lowest BCUT2D eigenvalue weighted by atomic mass is 9.87. The van der Waals surface area contributed by atoms with Gasteiger partial charge in [-0.2, -0.15) is 0 Å². The van der Waals surface area contributed by atoms with E-state index in [2.05, 4.69) is 117 Å². The first-order valence-corrected chi connectivity index (χ1v) is 31.4. The van der Waals surface area contributed by atoms with Crippen LogP contribution in [-0.2, 0) is 38.9 Å². The number of thioether (sulfide) groups is 1. The topological polar surface area (TPSA) is 143 Å². The van der Waals surface area contributed by atoms with E-state index in [0.717, 1.165) is 23.4 Å². The maximum Gasteiger partial charge on any atom is 0.349 e. The van der Waals surface area contributed by atoms with Gasteiger partial charge in [-0.1, -0.05) is 117 Å². The number of ether oxygens (including phenoxy) is 2. The van der Waals surface area contributed by atoms with E-state index >= 15 is 0 Å². The number of rotatable bonds is 16. The van der Waals surface area contributed by atoms with Gasteiger partial charge in [0.25, 0.3) is 0 Å². The van der Waals surface area contributed by atoms with Gasteiger partial charge in [-0.3, -0.25) is 4.79 Å². The Kier molecular flexibility index (Phi) is 16.5. The lowest BCUT2D eigenvalue weighted by Gasteiger charge is -2.54. The van der Waals surface area contributed by atoms with Crippen molar-refractivity contribution in [3.8, 4) is 0 Å². The van der Waals surface area contributed by atoms with E-state index in [1.54, 1.807) is 4.68 Å². The Balaban J connectivity index is 1.95. The molecule has 2 aromatic rings. The van der Waals surface area contributed by atoms with Gasteiger partial charge in [0.05, 0.1) is 37.7 Å². The lowest BCUT2D eigenvalue weighted by molar-refractivity contribution is -0.202. The number of nitrogens with zero attached hydrogens (tertiary/aromatic N) is 3. The first-order chi connectivity index (χ1) is 27.6. The predicted octanol–water partition coefficient (Wildman–Crippen LogP) is 9.42. The molecule has 2 fully saturated rings. The maximum atomic E-state index is 14.5. The van der Waals surface area contributed by atoms with Crippen LogP contribution in [0.1, 0.15) is 112 Å². The number of carbonyl (C=O) groups is 2. The van der Waals surface area contributed by atoms with E-state index in [-0.39, 0.29) is 40.6 Å². The van der Waals surface area contributed by atoms with Crippen LogP contribution in [0.25, 0.3) is 0 Å². The molecule has 2 aliphatic rings. The molecule has 0 spiro atoms. The molecule has 1 aliphatic heterocycles. The van der Waals surface area contributed by atoms with Crippen molar-refractivity contribution in [1.29, 1.82) is 0 Å². The van der Waals surface area contributed by atoms with Crippen LogP contribution in [0, 0.1) is 0 Å². The molecule has 1 saturated carbocycles. The number of aliphatic hydroxyl groups is 1. The van der Waals surface area contributed by atoms with Crippen LogP contribution in [0.15, 0.2) is 41.4 Å². The minimum Gasteiger partial charge on any atom is -0.466 e. The Morgan fingerprint density at radius 3 is 2.00 bits per heavy atom. The molecule has 0 radical (unpaired) electrons. The number of aliphatic hydroxyl groups excluding tert-OH is 1. The summed E-state index contributed by atoms with van der Waals surface area (Å²) in [5.74, 6) is -0.548. The van der Waals surface area contributed by atoms with Crippen molar-refractivity contribution >= 4 is 48.6 Å². The van der Waals surface area contributed by atoms with Crippen molar-refractivity contribution in [1.82, 2.24) is 20.3 Å². The summed E-state index contributed by atoms with van der Waals surface area (Å²) in [4.78, 5) is 28.2. The first-order valence-electron chi connectivity index (χ1n) is 21.9. The van der Waals surface area contributed by atoms with Gasteiger partial charge >= 0.3 is 5.97 Å². The third-order valence-electron chi connectivity index (χ3n) is 13.9. The van der Waals surface area contributed by atoms with E-state index in [1.165, 1.54) is 38.1 Å². The van der Waals surface area contributed by atoms with Crippen LogP contribution in [0.5, 0.6) is 0 Å². The van der Waals surface area contributed by atoms with Gasteiger partial charge in [0.1, 0.15) is 18.8 Å². The summed E-state index contributed by atoms with van der Waals surface area (Å²) >= 11 is 1.27. The lowest BCUT2D eigenvalue weighted by Crippen LogP contribution is -2.70. The average molecular weight is 907 g/mol. The summed E-state index contributed by atoms with van der Waals surface area (Å²) in [6, 6.07) is 8.80. The third-order valence-corrected chi connectivity index (χ3v) is 28.6. The van der Waals surface area contributed by atoms with Gasteiger partial charge < -0.3 is 33.2 Å². The van der Waals surface area contributed by atoms with Crippen LogP contribution in [0.3, 0.4) is 0 Å². The molecule has 4 unspecified atom stereocenters. The molecular formula is C44H78N4O8SSi3. The Bertz CT molecular complexity index is 1720. The van der Waals surface area contributed by atoms with E-state index in [4.69, 9.17) is 22.8 Å². The molecule has 1 aromatic heterocycles. The second-order valence-corrected chi connectivity index (χ2v) is 37.2. The number of benzene rings is 1. The molecule has 0 bridgehead atoms. The molecule has 6 atom stereocenters. The van der Waals surface area contributed by atoms with Crippen LogP contribution in [0.2, 0.25) is 54.4 Å². The second-order valence-electron chi connectivity index (χ2n) is 21.6. The SMILES string of the molecule is COC(=O)C1(Sc2ccccc2)CC(O[Si](C)(C)C(C)(C)C)C(NC(=O)Cn2cc(C3CCCCC3)nn2)C([C@H](O[Si](C)(C)C(C)(C)C)[C@@H](CO)O[Si](C)(C)C(C)(C)C)O1. The van der Waals surface area contributed by atoms with Crippen molar-refractivity contribution in [2.24, 2.45) is 0 Å². The van der Waals surface area contributed by atoms with Crippen LogP contribution >= 0.6 is 11.8 Å². The molecule has 2 N–H and O–H groups in total. The van der Waals surface area contributed by atoms with E-state index in [9.17, 15) is 14.7 Å². The number of methoxy groups -OCH3 is 1. The fourth-order valence-electron chi connectivity index (χ4n) is 7.12. The van der Waals surface area contributed by atoms with E-state index in [1.807, 2.05) is 36.5 Å². The quantitative estimate of drug-likeness (QED) is 0.123. The highest BCUT2D eigenvalue weighted by molar-refractivity contribution is 8.01. The maximum absolute atomic E-state index is 14.5. The molecule has 1 amide bonds. The van der Waals surface area contributed by atoms with E-state index in [0.29, 0.717) is 5.92 Å². The van der Waals surface area contributed by atoms with E-state index < -0.39 is 66.3 Å². The third kappa shape index (κ3) is 12.2. The number of hydrogen-bond acceptors (Lipinski definition) is 11.